The molecule has 1 atom stereocenters. The van der Waals surface area contributed by atoms with E-state index in [1.54, 1.807) is 23.0 Å². The lowest BCUT2D eigenvalue weighted by molar-refractivity contribution is 0.262. The molecule has 1 N–H and O–H groups in total. The van der Waals surface area contributed by atoms with E-state index in [9.17, 15) is 4.79 Å². The van der Waals surface area contributed by atoms with Crippen LogP contribution in [0.2, 0.25) is 0 Å². The third kappa shape index (κ3) is 4.08. The SMILES string of the molecule is Cc1cc(=O)n2c(n1)NC(N1CCC(Cc3ccccc3)CC1)=N[C@H]2c1cccnc1. The first kappa shape index (κ1) is 19.5. The number of fused-ring (bicyclic) bond motifs is 1. The van der Waals surface area contributed by atoms with Crippen LogP contribution in [0.4, 0.5) is 5.95 Å². The third-order valence-corrected chi connectivity index (χ3v) is 6.06. The number of hydrogen-bond donors (Lipinski definition) is 1. The Hall–Kier alpha value is -3.48. The number of likely N-dealkylation sites (tertiary alicyclic amines) is 1. The summed E-state index contributed by atoms with van der Waals surface area (Å²) in [6, 6.07) is 16.1. The van der Waals surface area contributed by atoms with Crippen LogP contribution in [0.25, 0.3) is 0 Å². The molecule has 0 radical (unpaired) electrons. The molecule has 0 unspecified atom stereocenters. The normalized spacial score (nSPS) is 18.8. The van der Waals surface area contributed by atoms with Gasteiger partial charge in [-0.3, -0.25) is 19.7 Å². The van der Waals surface area contributed by atoms with Crippen molar-refractivity contribution in [2.24, 2.45) is 10.9 Å². The number of hydrogen-bond acceptors (Lipinski definition) is 6. The van der Waals surface area contributed by atoms with E-state index in [1.165, 1.54) is 5.56 Å². The quantitative estimate of drug-likeness (QED) is 0.712. The zero-order valence-corrected chi connectivity index (χ0v) is 17.6. The van der Waals surface area contributed by atoms with Crippen molar-refractivity contribution in [3.05, 3.63) is 88.1 Å². The monoisotopic (exact) mass is 414 g/mol. The molecule has 2 aliphatic heterocycles. The molecular weight excluding hydrogens is 388 g/mol. The Bertz CT molecular complexity index is 1130. The molecule has 0 bridgehead atoms. The van der Waals surface area contributed by atoms with Gasteiger partial charge in [-0.2, -0.15) is 0 Å². The van der Waals surface area contributed by atoms with E-state index >= 15 is 0 Å². The lowest BCUT2D eigenvalue weighted by Gasteiger charge is -2.37. The van der Waals surface area contributed by atoms with Gasteiger partial charge in [-0.1, -0.05) is 36.4 Å². The van der Waals surface area contributed by atoms with Crippen LogP contribution in [0.1, 0.15) is 35.8 Å². The van der Waals surface area contributed by atoms with Crippen LogP contribution in [0.15, 0.2) is 70.7 Å². The summed E-state index contributed by atoms with van der Waals surface area (Å²) in [5.41, 5.74) is 2.85. The van der Waals surface area contributed by atoms with Crippen molar-refractivity contribution in [1.82, 2.24) is 19.4 Å². The molecule has 2 aromatic heterocycles. The minimum absolute atomic E-state index is 0.117. The highest BCUT2D eigenvalue weighted by Gasteiger charge is 2.29. The largest absolute Gasteiger partial charge is 0.343 e. The van der Waals surface area contributed by atoms with Gasteiger partial charge in [-0.25, -0.2) is 9.98 Å². The van der Waals surface area contributed by atoms with Crippen molar-refractivity contribution < 1.29 is 0 Å². The molecule has 0 aliphatic carbocycles. The van der Waals surface area contributed by atoms with Gasteiger partial charge >= 0.3 is 0 Å². The fourth-order valence-corrected chi connectivity index (χ4v) is 4.45. The van der Waals surface area contributed by atoms with Crippen LogP contribution in [0, 0.1) is 12.8 Å². The molecule has 0 spiro atoms. The van der Waals surface area contributed by atoms with E-state index in [1.807, 2.05) is 19.1 Å². The number of aryl methyl sites for hydroxylation is 1. The maximum atomic E-state index is 12.7. The van der Waals surface area contributed by atoms with Crippen molar-refractivity contribution >= 4 is 11.9 Å². The lowest BCUT2D eigenvalue weighted by Crippen LogP contribution is -2.46. The van der Waals surface area contributed by atoms with Gasteiger partial charge in [0, 0.05) is 42.8 Å². The summed E-state index contributed by atoms with van der Waals surface area (Å²) in [4.78, 5) is 28.8. The first-order valence-corrected chi connectivity index (χ1v) is 10.8. The average molecular weight is 415 g/mol. The zero-order valence-electron chi connectivity index (χ0n) is 17.6. The van der Waals surface area contributed by atoms with Crippen LogP contribution < -0.4 is 10.9 Å². The Morgan fingerprint density at radius 1 is 1.10 bits per heavy atom. The molecule has 1 fully saturated rings. The summed E-state index contributed by atoms with van der Waals surface area (Å²) >= 11 is 0. The number of pyridine rings is 1. The van der Waals surface area contributed by atoms with Gasteiger partial charge < -0.3 is 4.90 Å². The second kappa shape index (κ2) is 8.34. The minimum atomic E-state index is -0.470. The van der Waals surface area contributed by atoms with Gasteiger partial charge in [0.1, 0.15) is 0 Å². The molecule has 7 heteroatoms. The molecule has 4 heterocycles. The number of anilines is 1. The van der Waals surface area contributed by atoms with Crippen LogP contribution in [0.5, 0.6) is 0 Å². The number of nitrogens with zero attached hydrogens (tertiary/aromatic N) is 5. The van der Waals surface area contributed by atoms with Crippen molar-refractivity contribution in [2.45, 2.75) is 32.4 Å². The fourth-order valence-electron chi connectivity index (χ4n) is 4.45. The number of nitrogens with one attached hydrogen (secondary N) is 1. The van der Waals surface area contributed by atoms with E-state index < -0.39 is 6.17 Å². The van der Waals surface area contributed by atoms with Gasteiger partial charge in [0.15, 0.2) is 6.17 Å². The predicted molar refractivity (Wildman–Crippen MR) is 121 cm³/mol. The summed E-state index contributed by atoms with van der Waals surface area (Å²) in [6.07, 6.45) is 6.36. The number of piperidine rings is 1. The first-order chi connectivity index (χ1) is 15.2. The highest BCUT2D eigenvalue weighted by atomic mass is 16.1. The van der Waals surface area contributed by atoms with E-state index in [-0.39, 0.29) is 5.56 Å². The van der Waals surface area contributed by atoms with Crippen LogP contribution in [0.3, 0.4) is 0 Å². The predicted octanol–water partition coefficient (Wildman–Crippen LogP) is 3.23. The Balaban J connectivity index is 1.38. The molecule has 2 aliphatic rings. The van der Waals surface area contributed by atoms with E-state index in [4.69, 9.17) is 4.99 Å². The molecule has 3 aromatic rings. The summed E-state index contributed by atoms with van der Waals surface area (Å²) in [5.74, 6) is 1.99. The van der Waals surface area contributed by atoms with Crippen LogP contribution >= 0.6 is 0 Å². The summed E-state index contributed by atoms with van der Waals surface area (Å²) in [7, 11) is 0. The maximum Gasteiger partial charge on any atom is 0.257 e. The zero-order chi connectivity index (χ0) is 21.2. The van der Waals surface area contributed by atoms with Gasteiger partial charge in [-0.05, 0) is 43.7 Å². The van der Waals surface area contributed by atoms with E-state index in [0.29, 0.717) is 17.6 Å². The molecule has 1 aromatic carbocycles. The van der Waals surface area contributed by atoms with Crippen molar-refractivity contribution in [1.29, 1.82) is 0 Å². The van der Waals surface area contributed by atoms with Crippen molar-refractivity contribution in [3.8, 4) is 0 Å². The second-order valence-electron chi connectivity index (χ2n) is 8.29. The molecular formula is C24H26N6O. The lowest BCUT2D eigenvalue weighted by atomic mass is 9.90. The van der Waals surface area contributed by atoms with E-state index in [0.717, 1.165) is 43.9 Å². The van der Waals surface area contributed by atoms with Crippen LogP contribution in [-0.4, -0.2) is 38.5 Å². The number of guanidine groups is 1. The maximum absolute atomic E-state index is 12.7. The van der Waals surface area contributed by atoms with Gasteiger partial charge in [0.25, 0.3) is 5.56 Å². The molecule has 31 heavy (non-hydrogen) atoms. The molecule has 1 saturated heterocycles. The number of benzene rings is 1. The third-order valence-electron chi connectivity index (χ3n) is 6.06. The van der Waals surface area contributed by atoms with Gasteiger partial charge in [0.2, 0.25) is 11.9 Å². The molecule has 0 saturated carbocycles. The van der Waals surface area contributed by atoms with Gasteiger partial charge in [-0.15, -0.1) is 0 Å². The van der Waals surface area contributed by atoms with Gasteiger partial charge in [0.05, 0.1) is 0 Å². The average Bonchev–Trinajstić information content (AvgIpc) is 2.80. The first-order valence-electron chi connectivity index (χ1n) is 10.8. The smallest absolute Gasteiger partial charge is 0.257 e. The second-order valence-corrected chi connectivity index (χ2v) is 8.29. The summed E-state index contributed by atoms with van der Waals surface area (Å²) in [5, 5.41) is 3.32. The standard InChI is InChI=1S/C24H26N6O/c1-17-14-21(31)30-22(20-8-5-11-25-16-20)27-23(28-24(30)26-17)29-12-9-19(10-13-29)15-18-6-3-2-4-7-18/h2-8,11,14,16,19,22H,9-10,12-13,15H2,1H3,(H,26,27,28)/t22-/m1/s1. The summed E-state index contributed by atoms with van der Waals surface area (Å²) in [6.45, 7) is 3.70. The highest BCUT2D eigenvalue weighted by molar-refractivity contribution is 5.93. The Kier molecular flexibility index (Phi) is 5.24. The number of rotatable bonds is 3. The molecule has 5 rings (SSSR count). The Labute approximate surface area is 181 Å². The number of aromatic nitrogens is 3. The fraction of sp³-hybridized carbons (Fsp3) is 0.333. The molecule has 7 nitrogen and oxygen atoms in total. The van der Waals surface area contributed by atoms with E-state index in [2.05, 4.69) is 50.5 Å². The van der Waals surface area contributed by atoms with Crippen molar-refractivity contribution in [2.75, 3.05) is 18.4 Å². The Morgan fingerprint density at radius 2 is 1.90 bits per heavy atom. The summed E-state index contributed by atoms with van der Waals surface area (Å²) < 4.78 is 1.61. The van der Waals surface area contributed by atoms with Crippen molar-refractivity contribution in [3.63, 3.8) is 0 Å². The topological polar surface area (TPSA) is 75.4 Å². The van der Waals surface area contributed by atoms with Crippen LogP contribution in [-0.2, 0) is 6.42 Å². The number of aliphatic imine (C=N–C) groups is 1. The Morgan fingerprint density at radius 3 is 2.65 bits per heavy atom. The molecule has 0 amide bonds. The molecule has 158 valence electrons. The highest BCUT2D eigenvalue weighted by Crippen LogP contribution is 2.28. The minimum Gasteiger partial charge on any atom is -0.343 e.